The lowest BCUT2D eigenvalue weighted by Gasteiger charge is -2.22. The van der Waals surface area contributed by atoms with Crippen molar-refractivity contribution in [2.24, 2.45) is 0 Å². The van der Waals surface area contributed by atoms with E-state index in [1.807, 2.05) is 0 Å². The van der Waals surface area contributed by atoms with E-state index in [1.54, 1.807) is 0 Å². The van der Waals surface area contributed by atoms with Gasteiger partial charge in [-0.3, -0.25) is 4.90 Å². The molecule has 1 atom stereocenters. The molecule has 0 aromatic rings. The first kappa shape index (κ1) is 12.9. The quantitative estimate of drug-likeness (QED) is 0.645. The molecule has 0 spiro atoms. The number of nitrogens with zero attached hydrogens (tertiary/aromatic N) is 1. The third-order valence-electron chi connectivity index (χ3n) is 2.88. The molecular formula is C9H20N2O3S. The van der Waals surface area contributed by atoms with E-state index in [4.69, 9.17) is 5.11 Å². The number of aliphatic hydroxyl groups is 1. The van der Waals surface area contributed by atoms with E-state index in [9.17, 15) is 8.42 Å². The van der Waals surface area contributed by atoms with Crippen molar-refractivity contribution in [2.75, 3.05) is 32.5 Å². The SMILES string of the molecule is CNS(=O)(=O)CCCN1CCC[C@@H]1CO. The summed E-state index contributed by atoms with van der Waals surface area (Å²) < 4.78 is 24.6. The van der Waals surface area contributed by atoms with Crippen LogP contribution >= 0.6 is 0 Å². The topological polar surface area (TPSA) is 69.6 Å². The Labute approximate surface area is 91.5 Å². The average molecular weight is 236 g/mol. The molecule has 90 valence electrons. The van der Waals surface area contributed by atoms with E-state index in [-0.39, 0.29) is 18.4 Å². The monoisotopic (exact) mass is 236 g/mol. The highest BCUT2D eigenvalue weighted by atomic mass is 32.2. The number of hydrogen-bond acceptors (Lipinski definition) is 4. The molecule has 2 N–H and O–H groups in total. The number of likely N-dealkylation sites (tertiary alicyclic amines) is 1. The Kier molecular flexibility index (Phi) is 4.98. The van der Waals surface area contributed by atoms with Crippen LogP contribution in [0.25, 0.3) is 0 Å². The Morgan fingerprint density at radius 2 is 2.27 bits per heavy atom. The van der Waals surface area contributed by atoms with Crippen LogP contribution in [0.15, 0.2) is 0 Å². The molecule has 0 aliphatic carbocycles. The van der Waals surface area contributed by atoms with Gasteiger partial charge in [-0.1, -0.05) is 0 Å². The minimum atomic E-state index is -3.07. The molecule has 1 aliphatic heterocycles. The van der Waals surface area contributed by atoms with Gasteiger partial charge in [0.15, 0.2) is 0 Å². The second-order valence-electron chi connectivity index (χ2n) is 3.89. The van der Waals surface area contributed by atoms with Crippen molar-refractivity contribution in [1.29, 1.82) is 0 Å². The average Bonchev–Trinajstić information content (AvgIpc) is 2.65. The molecule has 1 aliphatic rings. The Morgan fingerprint density at radius 3 is 2.87 bits per heavy atom. The number of nitrogens with one attached hydrogen (secondary N) is 1. The fourth-order valence-electron chi connectivity index (χ4n) is 1.96. The predicted octanol–water partition coefficient (Wildman–Crippen LogP) is -0.618. The predicted molar refractivity (Wildman–Crippen MR) is 59.1 cm³/mol. The first-order valence-electron chi connectivity index (χ1n) is 5.35. The van der Waals surface area contributed by atoms with Crippen molar-refractivity contribution in [3.05, 3.63) is 0 Å². The minimum Gasteiger partial charge on any atom is -0.395 e. The number of hydrogen-bond donors (Lipinski definition) is 2. The molecule has 0 unspecified atom stereocenters. The summed E-state index contributed by atoms with van der Waals surface area (Å²) in [6.45, 7) is 1.91. The summed E-state index contributed by atoms with van der Waals surface area (Å²) in [6, 6.07) is 0.238. The largest absolute Gasteiger partial charge is 0.395 e. The van der Waals surface area contributed by atoms with Crippen LogP contribution < -0.4 is 4.72 Å². The summed E-state index contributed by atoms with van der Waals surface area (Å²) in [5, 5.41) is 9.07. The fourth-order valence-corrected chi connectivity index (χ4v) is 2.67. The lowest BCUT2D eigenvalue weighted by atomic mass is 10.2. The van der Waals surface area contributed by atoms with Gasteiger partial charge in [-0.05, 0) is 39.4 Å². The molecule has 0 saturated carbocycles. The van der Waals surface area contributed by atoms with Gasteiger partial charge in [-0.25, -0.2) is 13.1 Å². The maximum absolute atomic E-state index is 11.1. The zero-order valence-electron chi connectivity index (χ0n) is 9.15. The van der Waals surface area contributed by atoms with Crippen LogP contribution in [0.4, 0.5) is 0 Å². The van der Waals surface area contributed by atoms with Gasteiger partial charge in [0.1, 0.15) is 0 Å². The lowest BCUT2D eigenvalue weighted by Crippen LogP contribution is -2.34. The Bertz CT molecular complexity index is 279. The summed E-state index contributed by atoms with van der Waals surface area (Å²) in [6.07, 6.45) is 2.75. The van der Waals surface area contributed by atoms with Gasteiger partial charge in [0.05, 0.1) is 12.4 Å². The number of aliphatic hydroxyl groups excluding tert-OH is 1. The molecule has 1 rings (SSSR count). The van der Waals surface area contributed by atoms with Gasteiger partial charge < -0.3 is 5.11 Å². The lowest BCUT2D eigenvalue weighted by molar-refractivity contribution is 0.159. The molecular weight excluding hydrogens is 216 g/mol. The van der Waals surface area contributed by atoms with E-state index in [0.717, 1.165) is 25.9 Å². The third-order valence-corrected chi connectivity index (χ3v) is 4.33. The van der Waals surface area contributed by atoms with Crippen LogP contribution in [0.1, 0.15) is 19.3 Å². The van der Waals surface area contributed by atoms with Crippen LogP contribution in [0.2, 0.25) is 0 Å². The van der Waals surface area contributed by atoms with Crippen molar-refractivity contribution < 1.29 is 13.5 Å². The molecule has 6 heteroatoms. The smallest absolute Gasteiger partial charge is 0.211 e. The molecule has 0 radical (unpaired) electrons. The molecule has 0 aromatic heterocycles. The molecule has 1 fully saturated rings. The second kappa shape index (κ2) is 5.79. The molecule has 5 nitrogen and oxygen atoms in total. The van der Waals surface area contributed by atoms with E-state index in [1.165, 1.54) is 7.05 Å². The first-order valence-corrected chi connectivity index (χ1v) is 7.00. The van der Waals surface area contributed by atoms with Crippen LogP contribution in [-0.2, 0) is 10.0 Å². The van der Waals surface area contributed by atoms with Crippen molar-refractivity contribution in [1.82, 2.24) is 9.62 Å². The highest BCUT2D eigenvalue weighted by molar-refractivity contribution is 7.89. The summed E-state index contributed by atoms with van der Waals surface area (Å²) in [7, 11) is -1.64. The van der Waals surface area contributed by atoms with Crippen LogP contribution in [0, 0.1) is 0 Å². The molecule has 0 bridgehead atoms. The van der Waals surface area contributed by atoms with Gasteiger partial charge in [-0.2, -0.15) is 0 Å². The number of sulfonamides is 1. The molecule has 0 aromatic carbocycles. The van der Waals surface area contributed by atoms with Crippen molar-refractivity contribution in [3.8, 4) is 0 Å². The van der Waals surface area contributed by atoms with Crippen molar-refractivity contribution >= 4 is 10.0 Å². The van der Waals surface area contributed by atoms with Gasteiger partial charge in [0.25, 0.3) is 0 Å². The standard InChI is InChI=1S/C9H20N2O3S/c1-10-15(13,14)7-3-6-11-5-2-4-9(11)8-12/h9-10,12H,2-8H2,1H3/t9-/m1/s1. The van der Waals surface area contributed by atoms with E-state index in [0.29, 0.717) is 6.42 Å². The summed E-state index contributed by atoms with van der Waals surface area (Å²) in [4.78, 5) is 2.17. The zero-order chi connectivity index (χ0) is 11.3. The number of rotatable bonds is 6. The highest BCUT2D eigenvalue weighted by Crippen LogP contribution is 2.16. The molecule has 0 amide bonds. The second-order valence-corrected chi connectivity index (χ2v) is 5.94. The van der Waals surface area contributed by atoms with E-state index >= 15 is 0 Å². The molecule has 1 heterocycles. The third kappa shape index (κ3) is 4.06. The maximum atomic E-state index is 11.1. The normalized spacial score (nSPS) is 23.5. The Morgan fingerprint density at radius 1 is 1.53 bits per heavy atom. The van der Waals surface area contributed by atoms with Gasteiger partial charge in [0, 0.05) is 6.04 Å². The van der Waals surface area contributed by atoms with Gasteiger partial charge >= 0.3 is 0 Å². The Hall–Kier alpha value is -0.170. The van der Waals surface area contributed by atoms with Gasteiger partial charge in [0.2, 0.25) is 10.0 Å². The summed E-state index contributed by atoms with van der Waals surface area (Å²) >= 11 is 0. The van der Waals surface area contributed by atoms with E-state index < -0.39 is 10.0 Å². The first-order chi connectivity index (χ1) is 7.09. The maximum Gasteiger partial charge on any atom is 0.211 e. The van der Waals surface area contributed by atoms with E-state index in [2.05, 4.69) is 9.62 Å². The minimum absolute atomic E-state index is 0.165. The molecule has 1 saturated heterocycles. The van der Waals surface area contributed by atoms with Crippen LogP contribution in [-0.4, -0.2) is 57.0 Å². The fraction of sp³-hybridized carbons (Fsp3) is 1.00. The van der Waals surface area contributed by atoms with Gasteiger partial charge in [-0.15, -0.1) is 0 Å². The summed E-state index contributed by atoms with van der Waals surface area (Å²) in [5.41, 5.74) is 0. The van der Waals surface area contributed by atoms with Crippen molar-refractivity contribution in [2.45, 2.75) is 25.3 Å². The molecule has 15 heavy (non-hydrogen) atoms. The van der Waals surface area contributed by atoms with Crippen LogP contribution in [0.5, 0.6) is 0 Å². The van der Waals surface area contributed by atoms with Crippen LogP contribution in [0.3, 0.4) is 0 Å². The highest BCUT2D eigenvalue weighted by Gasteiger charge is 2.23. The Balaban J connectivity index is 2.25. The van der Waals surface area contributed by atoms with Crippen molar-refractivity contribution in [3.63, 3.8) is 0 Å². The summed E-state index contributed by atoms with van der Waals surface area (Å²) in [5.74, 6) is 0.165. The zero-order valence-corrected chi connectivity index (χ0v) is 9.96.